The molecule has 0 aliphatic carbocycles. The topological polar surface area (TPSA) is 0 Å². The quantitative estimate of drug-likeness (QED) is 0.338. The molecule has 0 fully saturated rings. The Morgan fingerprint density at radius 3 is 1.12 bits per heavy atom. The molecule has 4 aromatic rings. The smallest absolute Gasteiger partial charge is 0.00989 e. The predicted octanol–water partition coefficient (Wildman–Crippen LogP) is 7.39. The summed E-state index contributed by atoms with van der Waals surface area (Å²) in [5, 5.41) is 8.25. The Morgan fingerprint density at radius 2 is 0.750 bits per heavy atom. The van der Waals surface area contributed by atoms with E-state index < -0.39 is 0 Å². The van der Waals surface area contributed by atoms with Crippen LogP contribution >= 0.6 is 0 Å². The summed E-state index contributed by atoms with van der Waals surface area (Å²) in [6.45, 7) is 9.09. The highest BCUT2D eigenvalue weighted by atomic mass is 14.1. The van der Waals surface area contributed by atoms with Gasteiger partial charge in [-0.1, -0.05) is 88.4 Å². The van der Waals surface area contributed by atoms with Gasteiger partial charge in [-0.05, 0) is 55.3 Å². The molecule has 0 nitrogen and oxygen atoms in total. The van der Waals surface area contributed by atoms with Crippen LogP contribution in [0.4, 0.5) is 0 Å². The first-order valence-corrected chi connectivity index (χ1v) is 8.95. The summed E-state index contributed by atoms with van der Waals surface area (Å²) in [5.41, 5.74) is 2.87. The molecule has 4 aromatic carbocycles. The third-order valence-corrected chi connectivity index (χ3v) is 5.23. The third kappa shape index (κ3) is 2.21. The van der Waals surface area contributed by atoms with Crippen LogP contribution in [0.5, 0.6) is 0 Å². The van der Waals surface area contributed by atoms with Gasteiger partial charge < -0.3 is 0 Å². The normalized spacial score (nSPS) is 12.1. The minimum Gasteiger partial charge on any atom is -0.0613 e. The van der Waals surface area contributed by atoms with Crippen molar-refractivity contribution in [1.82, 2.24) is 0 Å². The van der Waals surface area contributed by atoms with E-state index in [1.54, 1.807) is 0 Å². The van der Waals surface area contributed by atoms with Crippen molar-refractivity contribution >= 4 is 32.3 Å². The van der Waals surface area contributed by atoms with Gasteiger partial charge in [0, 0.05) is 0 Å². The minimum atomic E-state index is 0.541. The van der Waals surface area contributed by atoms with E-state index in [-0.39, 0.29) is 0 Å². The lowest BCUT2D eigenvalue weighted by molar-refractivity contribution is 0.876. The predicted molar refractivity (Wildman–Crippen MR) is 107 cm³/mol. The van der Waals surface area contributed by atoms with Crippen molar-refractivity contribution in [3.05, 3.63) is 71.8 Å². The van der Waals surface area contributed by atoms with Gasteiger partial charge in [-0.25, -0.2) is 0 Å². The highest BCUT2D eigenvalue weighted by Crippen LogP contribution is 2.36. The molecule has 0 radical (unpaired) electrons. The molecule has 120 valence electrons. The van der Waals surface area contributed by atoms with Crippen molar-refractivity contribution < 1.29 is 0 Å². The monoisotopic (exact) mass is 312 g/mol. The molecule has 0 aromatic heterocycles. The van der Waals surface area contributed by atoms with Crippen LogP contribution in [-0.2, 0) is 0 Å². The van der Waals surface area contributed by atoms with Gasteiger partial charge in [-0.15, -0.1) is 0 Å². The number of hydrogen-bond donors (Lipinski definition) is 0. The van der Waals surface area contributed by atoms with Gasteiger partial charge in [-0.2, -0.15) is 0 Å². The van der Waals surface area contributed by atoms with E-state index in [9.17, 15) is 0 Å². The van der Waals surface area contributed by atoms with Gasteiger partial charge >= 0.3 is 0 Å². The van der Waals surface area contributed by atoms with E-state index in [1.165, 1.54) is 43.4 Å². The van der Waals surface area contributed by atoms with E-state index in [0.29, 0.717) is 11.8 Å². The Bertz CT molecular complexity index is 965. The molecule has 0 bridgehead atoms. The SMILES string of the molecule is CC(C)c1cccc2c1ccc1c3cccc(C(C)C)c3ccc21. The lowest BCUT2D eigenvalue weighted by Crippen LogP contribution is -1.92. The highest BCUT2D eigenvalue weighted by molar-refractivity contribution is 6.18. The van der Waals surface area contributed by atoms with Gasteiger partial charge in [0.1, 0.15) is 0 Å². The summed E-state index contributed by atoms with van der Waals surface area (Å²) < 4.78 is 0. The van der Waals surface area contributed by atoms with E-state index >= 15 is 0 Å². The first-order valence-electron chi connectivity index (χ1n) is 8.95. The molecule has 24 heavy (non-hydrogen) atoms. The van der Waals surface area contributed by atoms with Crippen molar-refractivity contribution in [2.24, 2.45) is 0 Å². The summed E-state index contributed by atoms with van der Waals surface area (Å²) in [7, 11) is 0. The first-order chi connectivity index (χ1) is 11.6. The van der Waals surface area contributed by atoms with Crippen LogP contribution in [0.1, 0.15) is 50.7 Å². The maximum absolute atomic E-state index is 2.32. The maximum atomic E-state index is 2.32. The molecule has 0 heteroatoms. The second-order valence-electron chi connectivity index (χ2n) is 7.42. The Labute approximate surface area is 144 Å². The van der Waals surface area contributed by atoms with Crippen molar-refractivity contribution in [2.75, 3.05) is 0 Å². The highest BCUT2D eigenvalue weighted by Gasteiger charge is 2.11. The van der Waals surface area contributed by atoms with Crippen LogP contribution in [0.15, 0.2) is 60.7 Å². The van der Waals surface area contributed by atoms with Gasteiger partial charge in [-0.3, -0.25) is 0 Å². The molecule has 0 aliphatic heterocycles. The summed E-state index contributed by atoms with van der Waals surface area (Å²) in [6, 6.07) is 22.7. The zero-order valence-corrected chi connectivity index (χ0v) is 14.9. The molecule has 0 unspecified atom stereocenters. The van der Waals surface area contributed by atoms with E-state index in [1.807, 2.05) is 0 Å². The average Bonchev–Trinajstić information content (AvgIpc) is 2.59. The Balaban J connectivity index is 2.14. The van der Waals surface area contributed by atoms with Crippen LogP contribution in [0.25, 0.3) is 32.3 Å². The van der Waals surface area contributed by atoms with Crippen LogP contribution in [-0.4, -0.2) is 0 Å². The minimum absolute atomic E-state index is 0.541. The zero-order valence-electron chi connectivity index (χ0n) is 14.9. The van der Waals surface area contributed by atoms with Crippen molar-refractivity contribution in [3.63, 3.8) is 0 Å². The van der Waals surface area contributed by atoms with Gasteiger partial charge in [0.2, 0.25) is 0 Å². The largest absolute Gasteiger partial charge is 0.0613 e. The van der Waals surface area contributed by atoms with Gasteiger partial charge in [0.25, 0.3) is 0 Å². The molecule has 0 atom stereocenters. The standard InChI is InChI=1S/C24H24/c1-15(2)17-7-5-9-19-21(17)11-13-24-20-10-6-8-18(16(3)4)22(20)12-14-23(19)24/h5-16H,1-4H3. The Kier molecular flexibility index (Phi) is 3.57. The molecule has 0 saturated carbocycles. The Hall–Kier alpha value is -2.34. The number of fused-ring (bicyclic) bond motifs is 5. The molecule has 4 rings (SSSR count). The molecular weight excluding hydrogens is 288 g/mol. The summed E-state index contributed by atoms with van der Waals surface area (Å²) >= 11 is 0. The summed E-state index contributed by atoms with van der Waals surface area (Å²) in [4.78, 5) is 0. The van der Waals surface area contributed by atoms with E-state index in [4.69, 9.17) is 0 Å². The van der Waals surface area contributed by atoms with Gasteiger partial charge in [0.05, 0.1) is 0 Å². The van der Waals surface area contributed by atoms with Gasteiger partial charge in [0.15, 0.2) is 0 Å². The maximum Gasteiger partial charge on any atom is -0.00989 e. The number of hydrogen-bond acceptors (Lipinski definition) is 0. The second-order valence-corrected chi connectivity index (χ2v) is 7.42. The van der Waals surface area contributed by atoms with E-state index in [0.717, 1.165) is 0 Å². The summed E-state index contributed by atoms with van der Waals surface area (Å²) in [6.07, 6.45) is 0. The van der Waals surface area contributed by atoms with Crippen LogP contribution in [0, 0.1) is 0 Å². The van der Waals surface area contributed by atoms with E-state index in [2.05, 4.69) is 88.4 Å². The fourth-order valence-corrected chi connectivity index (χ4v) is 4.00. The first kappa shape index (κ1) is 15.2. The van der Waals surface area contributed by atoms with Crippen LogP contribution in [0.2, 0.25) is 0 Å². The molecule has 0 N–H and O–H groups in total. The number of benzene rings is 4. The van der Waals surface area contributed by atoms with Crippen molar-refractivity contribution in [1.29, 1.82) is 0 Å². The molecule has 0 spiro atoms. The van der Waals surface area contributed by atoms with Crippen molar-refractivity contribution in [2.45, 2.75) is 39.5 Å². The lowest BCUT2D eigenvalue weighted by Gasteiger charge is -2.15. The lowest BCUT2D eigenvalue weighted by atomic mass is 9.89. The van der Waals surface area contributed by atoms with Crippen molar-refractivity contribution in [3.8, 4) is 0 Å². The molecule has 0 heterocycles. The fourth-order valence-electron chi connectivity index (χ4n) is 4.00. The fraction of sp³-hybridized carbons (Fsp3) is 0.250. The number of rotatable bonds is 2. The Morgan fingerprint density at radius 1 is 0.417 bits per heavy atom. The molecular formula is C24H24. The summed E-state index contributed by atoms with van der Waals surface area (Å²) in [5.74, 6) is 1.08. The molecule has 0 aliphatic rings. The third-order valence-electron chi connectivity index (χ3n) is 5.23. The zero-order chi connectivity index (χ0) is 16.8. The molecule has 0 amide bonds. The molecule has 0 saturated heterocycles. The van der Waals surface area contributed by atoms with Crippen LogP contribution < -0.4 is 0 Å². The second kappa shape index (κ2) is 5.63. The average molecular weight is 312 g/mol. The van der Waals surface area contributed by atoms with Crippen LogP contribution in [0.3, 0.4) is 0 Å².